The predicted molar refractivity (Wildman–Crippen MR) is 104 cm³/mol. The van der Waals surface area contributed by atoms with Gasteiger partial charge in [-0.1, -0.05) is 20.8 Å². The molecular weight excluding hydrogens is 347 g/mol. The molecule has 27 heavy (non-hydrogen) atoms. The molecule has 1 atom stereocenters. The molecule has 0 unspecified atom stereocenters. The number of hydrogen-bond acceptors (Lipinski definition) is 3. The lowest BCUT2D eigenvalue weighted by Crippen LogP contribution is -2.53. The van der Waals surface area contributed by atoms with Crippen LogP contribution in [0.4, 0.5) is 9.18 Å². The molecule has 1 aromatic carbocycles. The van der Waals surface area contributed by atoms with Crippen molar-refractivity contribution >= 4 is 11.9 Å². The van der Waals surface area contributed by atoms with Gasteiger partial charge in [-0.2, -0.15) is 0 Å². The lowest BCUT2D eigenvalue weighted by molar-refractivity contribution is 0.0953. The maximum Gasteiger partial charge on any atom is 0.315 e. The summed E-state index contributed by atoms with van der Waals surface area (Å²) >= 11 is 0. The number of nitrogens with zero attached hydrogens (tertiary/aromatic N) is 1. The fraction of sp³-hybridized carbons (Fsp3) is 0.600. The van der Waals surface area contributed by atoms with Gasteiger partial charge in [0, 0.05) is 31.2 Å². The molecule has 0 radical (unpaired) electrons. The van der Waals surface area contributed by atoms with Crippen LogP contribution in [0.3, 0.4) is 0 Å². The van der Waals surface area contributed by atoms with Crippen molar-refractivity contribution in [3.63, 3.8) is 0 Å². The summed E-state index contributed by atoms with van der Waals surface area (Å²) < 4.78 is 12.9. The molecule has 7 heteroatoms. The van der Waals surface area contributed by atoms with E-state index in [1.165, 1.54) is 37.1 Å². The van der Waals surface area contributed by atoms with Gasteiger partial charge < -0.3 is 20.9 Å². The third-order valence-electron chi connectivity index (χ3n) is 4.79. The molecule has 2 rings (SSSR count). The Kier molecular flexibility index (Phi) is 7.59. The van der Waals surface area contributed by atoms with Crippen molar-refractivity contribution < 1.29 is 14.0 Å². The van der Waals surface area contributed by atoms with Crippen molar-refractivity contribution in [2.24, 2.45) is 5.41 Å². The van der Waals surface area contributed by atoms with Crippen molar-refractivity contribution in [1.29, 1.82) is 0 Å². The Morgan fingerprint density at radius 3 is 2.26 bits per heavy atom. The van der Waals surface area contributed by atoms with Crippen LogP contribution in [0.5, 0.6) is 0 Å². The minimum Gasteiger partial charge on any atom is -0.350 e. The van der Waals surface area contributed by atoms with Gasteiger partial charge in [0.05, 0.1) is 0 Å². The van der Waals surface area contributed by atoms with Gasteiger partial charge in [-0.05, 0) is 55.6 Å². The second-order valence-corrected chi connectivity index (χ2v) is 8.09. The monoisotopic (exact) mass is 378 g/mol. The van der Waals surface area contributed by atoms with Gasteiger partial charge in [-0.15, -0.1) is 0 Å². The fourth-order valence-electron chi connectivity index (χ4n) is 3.02. The minimum absolute atomic E-state index is 0.0449. The average molecular weight is 378 g/mol. The Morgan fingerprint density at radius 2 is 1.67 bits per heavy atom. The molecule has 1 aliphatic heterocycles. The van der Waals surface area contributed by atoms with Crippen molar-refractivity contribution in [2.45, 2.75) is 39.7 Å². The topological polar surface area (TPSA) is 73.5 Å². The van der Waals surface area contributed by atoms with E-state index in [1.807, 2.05) is 0 Å². The molecule has 1 aromatic rings. The highest BCUT2D eigenvalue weighted by molar-refractivity contribution is 5.94. The molecule has 0 aromatic heterocycles. The molecular formula is C20H31FN4O2. The summed E-state index contributed by atoms with van der Waals surface area (Å²) in [5.41, 5.74) is 0.343. The van der Waals surface area contributed by atoms with Crippen LogP contribution in [0.1, 0.15) is 44.0 Å². The van der Waals surface area contributed by atoms with Gasteiger partial charge >= 0.3 is 6.03 Å². The van der Waals surface area contributed by atoms with E-state index in [1.54, 1.807) is 0 Å². The number of hydrogen-bond donors (Lipinski definition) is 3. The maximum absolute atomic E-state index is 12.9. The third-order valence-corrected chi connectivity index (χ3v) is 4.79. The molecule has 0 saturated carbocycles. The number of amides is 3. The van der Waals surface area contributed by atoms with Crippen LogP contribution >= 0.6 is 0 Å². The summed E-state index contributed by atoms with van der Waals surface area (Å²) in [6.07, 6.45) is 2.44. The number of benzene rings is 1. The van der Waals surface area contributed by atoms with Crippen LogP contribution in [-0.4, -0.2) is 55.6 Å². The van der Waals surface area contributed by atoms with Crippen LogP contribution in [-0.2, 0) is 0 Å². The Balaban J connectivity index is 1.71. The lowest BCUT2D eigenvalue weighted by atomic mass is 9.86. The van der Waals surface area contributed by atoms with E-state index in [0.29, 0.717) is 18.7 Å². The first-order valence-corrected chi connectivity index (χ1v) is 9.56. The summed E-state index contributed by atoms with van der Waals surface area (Å²) in [5, 5.41) is 8.55. The van der Waals surface area contributed by atoms with Crippen molar-refractivity contribution in [3.05, 3.63) is 35.6 Å². The third kappa shape index (κ3) is 7.17. The number of rotatable bonds is 7. The van der Waals surface area contributed by atoms with Crippen LogP contribution in [0.25, 0.3) is 0 Å². The first kappa shape index (κ1) is 21.2. The standard InChI is InChI=1S/C20H31FN4O2/c1-20(2,3)17(14-25-12-4-5-13-25)24-19(27)23-11-10-22-18(26)15-6-8-16(21)9-7-15/h6-9,17H,4-5,10-14H2,1-3H3,(H,22,26)(H2,23,24,27)/t17-/m1/s1. The zero-order valence-corrected chi connectivity index (χ0v) is 16.5. The molecule has 1 heterocycles. The zero-order valence-electron chi connectivity index (χ0n) is 16.5. The highest BCUT2D eigenvalue weighted by Crippen LogP contribution is 2.21. The van der Waals surface area contributed by atoms with Gasteiger partial charge in [0.1, 0.15) is 5.82 Å². The molecule has 0 aliphatic carbocycles. The molecule has 3 N–H and O–H groups in total. The summed E-state index contributed by atoms with van der Waals surface area (Å²) in [4.78, 5) is 26.6. The molecule has 0 spiro atoms. The van der Waals surface area contributed by atoms with Gasteiger partial charge in [-0.25, -0.2) is 9.18 Å². The summed E-state index contributed by atoms with van der Waals surface area (Å²) in [6, 6.07) is 5.16. The number of carbonyl (C=O) groups excluding carboxylic acids is 2. The average Bonchev–Trinajstić information content (AvgIpc) is 3.11. The second kappa shape index (κ2) is 9.69. The quantitative estimate of drug-likeness (QED) is 0.638. The van der Waals surface area contributed by atoms with E-state index in [2.05, 4.69) is 41.6 Å². The molecule has 1 fully saturated rings. The predicted octanol–water partition coefficient (Wildman–Crippen LogP) is 2.37. The fourth-order valence-corrected chi connectivity index (χ4v) is 3.02. The van der Waals surface area contributed by atoms with Crippen LogP contribution < -0.4 is 16.0 Å². The number of halogens is 1. The summed E-state index contributed by atoms with van der Waals surface area (Å²) in [6.45, 7) is 10.0. The SMILES string of the molecule is CC(C)(C)[C@@H](CN1CCCC1)NC(=O)NCCNC(=O)c1ccc(F)cc1. The molecule has 150 valence electrons. The maximum atomic E-state index is 12.9. The second-order valence-electron chi connectivity index (χ2n) is 8.09. The van der Waals surface area contributed by atoms with Gasteiger partial charge in [0.25, 0.3) is 5.91 Å². The molecule has 0 bridgehead atoms. The Hall–Kier alpha value is -2.15. The smallest absolute Gasteiger partial charge is 0.315 e. The first-order valence-electron chi connectivity index (χ1n) is 9.56. The van der Waals surface area contributed by atoms with E-state index in [9.17, 15) is 14.0 Å². The van der Waals surface area contributed by atoms with E-state index < -0.39 is 0 Å². The molecule has 1 aliphatic rings. The van der Waals surface area contributed by atoms with Gasteiger partial charge in [-0.3, -0.25) is 4.79 Å². The van der Waals surface area contributed by atoms with Crippen LogP contribution in [0, 0.1) is 11.2 Å². The number of carbonyl (C=O) groups is 2. The highest BCUT2D eigenvalue weighted by atomic mass is 19.1. The van der Waals surface area contributed by atoms with Crippen molar-refractivity contribution in [1.82, 2.24) is 20.9 Å². The molecule has 3 amide bonds. The van der Waals surface area contributed by atoms with Gasteiger partial charge in [0.2, 0.25) is 0 Å². The Morgan fingerprint density at radius 1 is 1.07 bits per heavy atom. The number of nitrogens with one attached hydrogen (secondary N) is 3. The minimum atomic E-state index is -0.382. The van der Waals surface area contributed by atoms with Crippen LogP contribution in [0.2, 0.25) is 0 Å². The highest BCUT2D eigenvalue weighted by Gasteiger charge is 2.29. The Bertz CT molecular complexity index is 622. The molecule has 1 saturated heterocycles. The summed E-state index contributed by atoms with van der Waals surface area (Å²) in [7, 11) is 0. The van der Waals surface area contributed by atoms with E-state index in [0.717, 1.165) is 19.6 Å². The normalized spacial score (nSPS) is 16.0. The van der Waals surface area contributed by atoms with E-state index in [4.69, 9.17) is 0 Å². The summed E-state index contributed by atoms with van der Waals surface area (Å²) in [5.74, 6) is -0.675. The van der Waals surface area contributed by atoms with E-state index >= 15 is 0 Å². The van der Waals surface area contributed by atoms with Gasteiger partial charge in [0.15, 0.2) is 0 Å². The number of urea groups is 1. The zero-order chi connectivity index (χ0) is 19.9. The van der Waals surface area contributed by atoms with E-state index in [-0.39, 0.29) is 29.2 Å². The van der Waals surface area contributed by atoms with Crippen LogP contribution in [0.15, 0.2) is 24.3 Å². The largest absolute Gasteiger partial charge is 0.350 e. The van der Waals surface area contributed by atoms with Crippen molar-refractivity contribution in [2.75, 3.05) is 32.7 Å². The Labute approximate surface area is 160 Å². The lowest BCUT2D eigenvalue weighted by Gasteiger charge is -2.34. The number of likely N-dealkylation sites (tertiary alicyclic amines) is 1. The first-order chi connectivity index (χ1) is 12.8. The van der Waals surface area contributed by atoms with Crippen molar-refractivity contribution in [3.8, 4) is 0 Å². The molecule has 6 nitrogen and oxygen atoms in total.